The molecule has 8 N–H and O–H groups in total. The van der Waals surface area contributed by atoms with E-state index in [1.807, 2.05) is 0 Å². The maximum atomic E-state index is 12.2. The maximum Gasteiger partial charge on any atom is 0.322 e. The van der Waals surface area contributed by atoms with E-state index in [4.69, 9.17) is 15.9 Å². The van der Waals surface area contributed by atoms with Gasteiger partial charge in [-0.3, -0.25) is 19.2 Å². The summed E-state index contributed by atoms with van der Waals surface area (Å²) in [6.07, 6.45) is -0.401. The lowest BCUT2D eigenvalue weighted by Gasteiger charge is -2.18. The van der Waals surface area contributed by atoms with Crippen molar-refractivity contribution in [2.75, 3.05) is 12.3 Å². The zero-order valence-electron chi connectivity index (χ0n) is 15.5. The lowest BCUT2D eigenvalue weighted by molar-refractivity contribution is -0.139. The Balaban J connectivity index is 2.83. The van der Waals surface area contributed by atoms with Crippen molar-refractivity contribution in [3.63, 3.8) is 0 Å². The number of aliphatic carboxylic acids is 2. The van der Waals surface area contributed by atoms with Crippen molar-refractivity contribution in [3.8, 4) is 11.5 Å². The highest BCUT2D eigenvalue weighted by molar-refractivity contribution is 7.99. The van der Waals surface area contributed by atoms with Crippen molar-refractivity contribution >= 4 is 35.5 Å². The highest BCUT2D eigenvalue weighted by atomic mass is 32.2. The predicted molar refractivity (Wildman–Crippen MR) is 103 cm³/mol. The number of aromatic hydroxyl groups is 2. The molecule has 0 spiro atoms. The fourth-order valence-corrected chi connectivity index (χ4v) is 3.24. The molecule has 0 saturated heterocycles. The molecule has 0 heterocycles. The number of carboxylic acids is 2. The molecule has 0 saturated carbocycles. The van der Waals surface area contributed by atoms with Gasteiger partial charge in [0.1, 0.15) is 30.1 Å². The van der Waals surface area contributed by atoms with Gasteiger partial charge in [-0.05, 0) is 31.0 Å². The first-order valence-electron chi connectivity index (χ1n) is 8.43. The standard InChI is InChI=1S/C17H23N3O8S/c1-8-4-9(21)5-12(15(8)25)29-7-11(16(26)19-6-14(23)24)20-13(22)3-2-10(18)17(27)28/h4-5,10-11,21,25H,2-3,6-7,18H2,1H3,(H,19,26)(H,20,22)(H,23,24)(H,27,28)/t10-,11-/m0/s1. The highest BCUT2D eigenvalue weighted by Crippen LogP contribution is 2.35. The molecule has 2 amide bonds. The Kier molecular flexibility index (Phi) is 9.22. The third-order valence-electron chi connectivity index (χ3n) is 3.72. The number of amides is 2. The van der Waals surface area contributed by atoms with E-state index in [0.29, 0.717) is 5.56 Å². The number of carboxylic acid groups (broad SMARTS) is 2. The van der Waals surface area contributed by atoms with Crippen LogP contribution in [-0.2, 0) is 19.2 Å². The van der Waals surface area contributed by atoms with E-state index in [2.05, 4.69) is 10.6 Å². The van der Waals surface area contributed by atoms with Crippen molar-refractivity contribution in [2.45, 2.75) is 36.7 Å². The number of aryl methyl sites for hydroxylation is 1. The molecule has 0 fully saturated rings. The number of benzene rings is 1. The van der Waals surface area contributed by atoms with Crippen LogP contribution in [0.2, 0.25) is 0 Å². The number of nitrogens with two attached hydrogens (primary N) is 1. The van der Waals surface area contributed by atoms with Crippen LogP contribution in [0.5, 0.6) is 11.5 Å². The largest absolute Gasteiger partial charge is 0.508 e. The number of hydrogen-bond acceptors (Lipinski definition) is 8. The second-order valence-electron chi connectivity index (χ2n) is 6.14. The van der Waals surface area contributed by atoms with Gasteiger partial charge < -0.3 is 36.8 Å². The number of hydrogen-bond donors (Lipinski definition) is 7. The normalized spacial score (nSPS) is 12.6. The van der Waals surface area contributed by atoms with Gasteiger partial charge in [-0.25, -0.2) is 0 Å². The third kappa shape index (κ3) is 8.27. The van der Waals surface area contributed by atoms with Gasteiger partial charge in [0.05, 0.1) is 4.90 Å². The first-order valence-corrected chi connectivity index (χ1v) is 9.42. The van der Waals surface area contributed by atoms with Crippen LogP contribution in [-0.4, -0.2) is 68.6 Å². The Morgan fingerprint density at radius 3 is 2.41 bits per heavy atom. The smallest absolute Gasteiger partial charge is 0.322 e. The van der Waals surface area contributed by atoms with Crippen LogP contribution in [0.4, 0.5) is 0 Å². The molecule has 29 heavy (non-hydrogen) atoms. The van der Waals surface area contributed by atoms with Gasteiger partial charge in [0, 0.05) is 12.2 Å². The van der Waals surface area contributed by atoms with E-state index >= 15 is 0 Å². The third-order valence-corrected chi connectivity index (χ3v) is 4.84. The number of nitrogens with one attached hydrogen (secondary N) is 2. The molecule has 1 aromatic carbocycles. The number of thioether (sulfide) groups is 1. The highest BCUT2D eigenvalue weighted by Gasteiger charge is 2.23. The van der Waals surface area contributed by atoms with Crippen LogP contribution in [0.15, 0.2) is 17.0 Å². The SMILES string of the molecule is Cc1cc(O)cc(SC[C@H](NC(=O)CC[C@H](N)C(=O)O)C(=O)NCC(=O)O)c1O. The molecule has 11 nitrogen and oxygen atoms in total. The fraction of sp³-hybridized carbons (Fsp3) is 0.412. The Morgan fingerprint density at radius 2 is 1.83 bits per heavy atom. The molecule has 0 bridgehead atoms. The summed E-state index contributed by atoms with van der Waals surface area (Å²) in [5.74, 6) is -4.24. The molecule has 0 radical (unpaired) electrons. The van der Waals surface area contributed by atoms with Gasteiger partial charge in [0.25, 0.3) is 0 Å². The maximum absolute atomic E-state index is 12.2. The fourth-order valence-electron chi connectivity index (χ4n) is 2.16. The van der Waals surface area contributed by atoms with Crippen LogP contribution in [0, 0.1) is 6.92 Å². The first-order chi connectivity index (χ1) is 13.5. The summed E-state index contributed by atoms with van der Waals surface area (Å²) in [5.41, 5.74) is 5.74. The number of rotatable bonds is 11. The van der Waals surface area contributed by atoms with Crippen molar-refractivity contribution in [1.29, 1.82) is 0 Å². The summed E-state index contributed by atoms with van der Waals surface area (Å²) in [7, 11) is 0. The van der Waals surface area contributed by atoms with Gasteiger partial charge in [-0.2, -0.15) is 0 Å². The van der Waals surface area contributed by atoms with Crippen molar-refractivity contribution in [1.82, 2.24) is 10.6 Å². The molecule has 0 aliphatic heterocycles. The van der Waals surface area contributed by atoms with Crippen LogP contribution >= 0.6 is 11.8 Å². The average molecular weight is 429 g/mol. The van der Waals surface area contributed by atoms with E-state index in [1.54, 1.807) is 6.92 Å². The van der Waals surface area contributed by atoms with E-state index in [1.165, 1.54) is 12.1 Å². The summed E-state index contributed by atoms with van der Waals surface area (Å²) < 4.78 is 0. The van der Waals surface area contributed by atoms with Gasteiger partial charge in [-0.1, -0.05) is 0 Å². The minimum absolute atomic E-state index is 0.0847. The molecule has 0 aliphatic rings. The lowest BCUT2D eigenvalue weighted by Crippen LogP contribution is -2.49. The number of carbonyl (C=O) groups excluding carboxylic acids is 2. The van der Waals surface area contributed by atoms with Gasteiger partial charge in [0.2, 0.25) is 11.8 Å². The summed E-state index contributed by atoms with van der Waals surface area (Å²) in [6, 6.07) is 0.230. The molecule has 1 rings (SSSR count). The number of phenolic OH excluding ortho intramolecular Hbond substituents is 2. The van der Waals surface area contributed by atoms with E-state index in [-0.39, 0.29) is 35.0 Å². The lowest BCUT2D eigenvalue weighted by atomic mass is 10.1. The predicted octanol–water partition coefficient (Wildman–Crippen LogP) is -0.624. The summed E-state index contributed by atoms with van der Waals surface area (Å²) in [5, 5.41) is 41.7. The Labute approximate surface area is 170 Å². The van der Waals surface area contributed by atoms with E-state index in [9.17, 15) is 29.4 Å². The van der Waals surface area contributed by atoms with E-state index in [0.717, 1.165) is 11.8 Å². The van der Waals surface area contributed by atoms with Gasteiger partial charge in [-0.15, -0.1) is 11.8 Å². The molecule has 0 unspecified atom stereocenters. The second-order valence-corrected chi connectivity index (χ2v) is 7.20. The average Bonchev–Trinajstić information content (AvgIpc) is 2.64. The van der Waals surface area contributed by atoms with Crippen molar-refractivity contribution in [3.05, 3.63) is 17.7 Å². The summed E-state index contributed by atoms with van der Waals surface area (Å²) in [4.78, 5) is 45.9. The Bertz CT molecular complexity index is 786. The zero-order chi connectivity index (χ0) is 22.1. The monoisotopic (exact) mass is 429 g/mol. The molecule has 1 aromatic rings. The van der Waals surface area contributed by atoms with Crippen LogP contribution in [0.1, 0.15) is 18.4 Å². The molecule has 12 heteroatoms. The summed E-state index contributed by atoms with van der Waals surface area (Å²) >= 11 is 0.966. The van der Waals surface area contributed by atoms with Gasteiger partial charge >= 0.3 is 11.9 Å². The molecule has 160 valence electrons. The minimum atomic E-state index is -1.27. The quantitative estimate of drug-likeness (QED) is 0.176. The minimum Gasteiger partial charge on any atom is -0.508 e. The Morgan fingerprint density at radius 1 is 1.17 bits per heavy atom. The molecule has 0 aromatic heterocycles. The second kappa shape index (κ2) is 11.1. The number of carbonyl (C=O) groups is 4. The molecular weight excluding hydrogens is 406 g/mol. The Hall–Kier alpha value is -2.99. The van der Waals surface area contributed by atoms with Crippen LogP contribution in [0.3, 0.4) is 0 Å². The van der Waals surface area contributed by atoms with Crippen LogP contribution in [0.25, 0.3) is 0 Å². The summed E-state index contributed by atoms with van der Waals surface area (Å²) in [6.45, 7) is 0.917. The van der Waals surface area contributed by atoms with Gasteiger partial charge in [0.15, 0.2) is 0 Å². The van der Waals surface area contributed by atoms with Crippen molar-refractivity contribution in [2.24, 2.45) is 5.73 Å². The number of phenols is 2. The van der Waals surface area contributed by atoms with Crippen molar-refractivity contribution < 1.29 is 39.6 Å². The molecular formula is C17H23N3O8S. The topological polar surface area (TPSA) is 199 Å². The molecule has 0 aliphatic carbocycles. The first kappa shape index (κ1) is 24.0. The van der Waals surface area contributed by atoms with E-state index < -0.39 is 42.4 Å². The van der Waals surface area contributed by atoms with Crippen LogP contribution < -0.4 is 16.4 Å². The zero-order valence-corrected chi connectivity index (χ0v) is 16.4. The molecule has 2 atom stereocenters.